The lowest BCUT2D eigenvalue weighted by Gasteiger charge is -2.16. The molecule has 1 unspecified atom stereocenters. The fourth-order valence-corrected chi connectivity index (χ4v) is 3.57. The summed E-state index contributed by atoms with van der Waals surface area (Å²) in [6.07, 6.45) is 0. The van der Waals surface area contributed by atoms with Crippen molar-refractivity contribution >= 4 is 34.6 Å². The number of benzene rings is 1. The van der Waals surface area contributed by atoms with Crippen molar-refractivity contribution in [3.8, 4) is 0 Å². The SMILES string of the molecule is CC(=O)Nc1ccc(C)c(NC(=O)NC(C)c2cc(C)sc2C)c1. The third-order valence-electron chi connectivity index (χ3n) is 3.70. The molecule has 128 valence electrons. The number of thiophene rings is 1. The Labute approximate surface area is 146 Å². The second-order valence-corrected chi connectivity index (χ2v) is 7.36. The van der Waals surface area contributed by atoms with Gasteiger partial charge in [-0.2, -0.15) is 0 Å². The molecule has 0 bridgehead atoms. The number of hydrogen-bond donors (Lipinski definition) is 3. The minimum Gasteiger partial charge on any atom is -0.331 e. The van der Waals surface area contributed by atoms with Crippen LogP contribution in [0.15, 0.2) is 24.3 Å². The number of rotatable bonds is 4. The zero-order valence-electron chi connectivity index (χ0n) is 14.6. The molecule has 24 heavy (non-hydrogen) atoms. The van der Waals surface area contributed by atoms with Gasteiger partial charge in [0.15, 0.2) is 0 Å². The minimum atomic E-state index is -0.270. The number of carbonyl (C=O) groups excluding carboxylic acids is 2. The smallest absolute Gasteiger partial charge is 0.319 e. The number of amides is 3. The van der Waals surface area contributed by atoms with E-state index in [-0.39, 0.29) is 18.0 Å². The summed E-state index contributed by atoms with van der Waals surface area (Å²) in [5.74, 6) is -0.147. The molecule has 0 aliphatic heterocycles. The topological polar surface area (TPSA) is 70.2 Å². The Morgan fingerprint density at radius 1 is 1.08 bits per heavy atom. The molecule has 1 aromatic carbocycles. The molecular weight excluding hydrogens is 322 g/mol. The van der Waals surface area contributed by atoms with Crippen LogP contribution in [-0.2, 0) is 4.79 Å². The number of aryl methyl sites for hydroxylation is 3. The van der Waals surface area contributed by atoms with Crippen LogP contribution < -0.4 is 16.0 Å². The van der Waals surface area contributed by atoms with E-state index in [1.54, 1.807) is 23.5 Å². The van der Waals surface area contributed by atoms with Gasteiger partial charge >= 0.3 is 6.03 Å². The number of carbonyl (C=O) groups is 2. The summed E-state index contributed by atoms with van der Waals surface area (Å²) < 4.78 is 0. The van der Waals surface area contributed by atoms with Crippen molar-refractivity contribution in [3.63, 3.8) is 0 Å². The standard InChI is InChI=1S/C18H23N3O2S/c1-10-6-7-15(20-14(5)22)9-17(10)21-18(23)19-12(3)16-8-11(2)24-13(16)4/h6-9,12H,1-5H3,(H,20,22)(H2,19,21,23). The normalized spacial score (nSPS) is 11.7. The summed E-state index contributed by atoms with van der Waals surface area (Å²) >= 11 is 1.73. The lowest BCUT2D eigenvalue weighted by atomic mass is 10.1. The second kappa shape index (κ2) is 7.49. The molecule has 0 aliphatic rings. The van der Waals surface area contributed by atoms with E-state index in [1.807, 2.05) is 19.9 Å². The van der Waals surface area contributed by atoms with Crippen LogP contribution in [0.4, 0.5) is 16.2 Å². The average molecular weight is 345 g/mol. The Balaban J connectivity index is 2.06. The molecule has 0 aliphatic carbocycles. The van der Waals surface area contributed by atoms with Crippen LogP contribution in [0, 0.1) is 20.8 Å². The summed E-state index contributed by atoms with van der Waals surface area (Å²) in [7, 11) is 0. The van der Waals surface area contributed by atoms with Gasteiger partial charge in [-0.3, -0.25) is 4.79 Å². The first-order valence-electron chi connectivity index (χ1n) is 7.79. The molecule has 3 amide bonds. The van der Waals surface area contributed by atoms with Crippen molar-refractivity contribution in [2.45, 2.75) is 40.7 Å². The summed E-state index contributed by atoms with van der Waals surface area (Å²) in [4.78, 5) is 25.9. The van der Waals surface area contributed by atoms with Gasteiger partial charge < -0.3 is 16.0 Å². The highest BCUT2D eigenvalue weighted by molar-refractivity contribution is 7.12. The molecule has 1 heterocycles. The molecule has 0 saturated heterocycles. The average Bonchev–Trinajstić information content (AvgIpc) is 2.80. The van der Waals surface area contributed by atoms with Gasteiger partial charge in [0.2, 0.25) is 5.91 Å². The van der Waals surface area contributed by atoms with E-state index in [2.05, 4.69) is 35.9 Å². The summed E-state index contributed by atoms with van der Waals surface area (Å²) in [6.45, 7) is 9.44. The molecular formula is C18H23N3O2S. The van der Waals surface area contributed by atoms with Crippen molar-refractivity contribution in [1.82, 2.24) is 5.32 Å². The van der Waals surface area contributed by atoms with Gasteiger partial charge in [-0.15, -0.1) is 11.3 Å². The molecule has 0 saturated carbocycles. The van der Waals surface area contributed by atoms with Crippen molar-refractivity contribution in [2.24, 2.45) is 0 Å². The highest BCUT2D eigenvalue weighted by Gasteiger charge is 2.14. The minimum absolute atomic E-state index is 0.0752. The maximum absolute atomic E-state index is 12.3. The van der Waals surface area contributed by atoms with E-state index in [9.17, 15) is 9.59 Å². The zero-order valence-corrected chi connectivity index (χ0v) is 15.4. The van der Waals surface area contributed by atoms with E-state index in [0.717, 1.165) is 11.1 Å². The number of urea groups is 1. The Morgan fingerprint density at radius 3 is 2.38 bits per heavy atom. The first kappa shape index (κ1) is 18.0. The van der Waals surface area contributed by atoms with Crippen LogP contribution in [0.2, 0.25) is 0 Å². The van der Waals surface area contributed by atoms with Crippen LogP contribution in [0.1, 0.15) is 40.8 Å². The van der Waals surface area contributed by atoms with Crippen molar-refractivity contribution in [3.05, 3.63) is 45.1 Å². The summed E-state index contributed by atoms with van der Waals surface area (Å²) in [5.41, 5.74) is 3.38. The van der Waals surface area contributed by atoms with Crippen LogP contribution in [0.3, 0.4) is 0 Å². The molecule has 3 N–H and O–H groups in total. The highest BCUT2D eigenvalue weighted by atomic mass is 32.1. The second-order valence-electron chi connectivity index (χ2n) is 5.90. The third-order valence-corrected chi connectivity index (χ3v) is 4.68. The fraction of sp³-hybridized carbons (Fsp3) is 0.333. The monoisotopic (exact) mass is 345 g/mol. The van der Waals surface area contributed by atoms with Crippen molar-refractivity contribution in [1.29, 1.82) is 0 Å². The van der Waals surface area contributed by atoms with E-state index in [0.29, 0.717) is 11.4 Å². The quantitative estimate of drug-likeness (QED) is 0.763. The van der Waals surface area contributed by atoms with Gasteiger partial charge in [-0.05, 0) is 57.0 Å². The highest BCUT2D eigenvalue weighted by Crippen LogP contribution is 2.26. The number of hydrogen-bond acceptors (Lipinski definition) is 3. The Bertz CT molecular complexity index is 768. The molecule has 0 spiro atoms. The molecule has 6 heteroatoms. The van der Waals surface area contributed by atoms with E-state index < -0.39 is 0 Å². The molecule has 0 fully saturated rings. The predicted molar refractivity (Wildman–Crippen MR) is 99.8 cm³/mol. The maximum atomic E-state index is 12.3. The van der Waals surface area contributed by atoms with Gasteiger partial charge in [0, 0.05) is 28.1 Å². The lowest BCUT2D eigenvalue weighted by Crippen LogP contribution is -2.31. The van der Waals surface area contributed by atoms with Crippen molar-refractivity contribution < 1.29 is 9.59 Å². The van der Waals surface area contributed by atoms with Gasteiger partial charge in [0.1, 0.15) is 0 Å². The Morgan fingerprint density at radius 2 is 1.79 bits per heavy atom. The van der Waals surface area contributed by atoms with Gasteiger partial charge in [0.25, 0.3) is 0 Å². The molecule has 5 nitrogen and oxygen atoms in total. The number of anilines is 2. The lowest BCUT2D eigenvalue weighted by molar-refractivity contribution is -0.114. The van der Waals surface area contributed by atoms with E-state index >= 15 is 0 Å². The van der Waals surface area contributed by atoms with Gasteiger partial charge in [-0.25, -0.2) is 4.79 Å². The summed E-state index contributed by atoms with van der Waals surface area (Å²) in [6, 6.07) is 7.17. The summed E-state index contributed by atoms with van der Waals surface area (Å²) in [5, 5.41) is 8.52. The van der Waals surface area contributed by atoms with Crippen LogP contribution in [-0.4, -0.2) is 11.9 Å². The molecule has 2 rings (SSSR count). The Hall–Kier alpha value is -2.34. The Kier molecular flexibility index (Phi) is 5.62. The van der Waals surface area contributed by atoms with E-state index in [1.165, 1.54) is 16.7 Å². The molecule has 1 atom stereocenters. The molecule has 0 radical (unpaired) electrons. The largest absolute Gasteiger partial charge is 0.331 e. The van der Waals surface area contributed by atoms with Crippen LogP contribution in [0.25, 0.3) is 0 Å². The zero-order chi connectivity index (χ0) is 17.9. The fourth-order valence-electron chi connectivity index (χ4n) is 2.55. The van der Waals surface area contributed by atoms with Gasteiger partial charge in [0.05, 0.1) is 6.04 Å². The maximum Gasteiger partial charge on any atom is 0.319 e. The van der Waals surface area contributed by atoms with Crippen molar-refractivity contribution in [2.75, 3.05) is 10.6 Å². The third kappa shape index (κ3) is 4.58. The predicted octanol–water partition coefficient (Wildman–Crippen LogP) is 4.51. The molecule has 2 aromatic rings. The first-order valence-corrected chi connectivity index (χ1v) is 8.60. The number of nitrogens with one attached hydrogen (secondary N) is 3. The van der Waals surface area contributed by atoms with Gasteiger partial charge in [-0.1, -0.05) is 6.07 Å². The molecule has 1 aromatic heterocycles. The van der Waals surface area contributed by atoms with Crippen LogP contribution >= 0.6 is 11.3 Å². The van der Waals surface area contributed by atoms with E-state index in [4.69, 9.17) is 0 Å². The van der Waals surface area contributed by atoms with Crippen LogP contribution in [0.5, 0.6) is 0 Å². The first-order chi connectivity index (χ1) is 11.3.